The molecule has 1 aromatic carbocycles. The number of carbonyl (C=O) groups excluding carboxylic acids is 2. The zero-order chi connectivity index (χ0) is 16.9. The standard InChI is InChI=1S/C16H15N5O2S/c1-11-17-9-12(24-11)10-18-15(22)16(23)20-13-5-2-3-6-14(13)21-8-4-7-19-21/h2-9H,10H2,1H3,(H,18,22)(H,20,23). The van der Waals surface area contributed by atoms with Crippen LogP contribution in [0.15, 0.2) is 48.9 Å². The van der Waals surface area contributed by atoms with Gasteiger partial charge in [0, 0.05) is 23.5 Å². The SMILES string of the molecule is Cc1ncc(CNC(=O)C(=O)Nc2ccccc2-n2cccn2)s1. The van der Waals surface area contributed by atoms with E-state index in [-0.39, 0.29) is 6.54 Å². The Balaban J connectivity index is 1.65. The van der Waals surface area contributed by atoms with Gasteiger partial charge >= 0.3 is 11.8 Å². The Morgan fingerprint density at radius 2 is 2.04 bits per heavy atom. The Kier molecular flexibility index (Phi) is 4.66. The van der Waals surface area contributed by atoms with Gasteiger partial charge in [-0.05, 0) is 25.1 Å². The van der Waals surface area contributed by atoms with Crippen LogP contribution in [-0.4, -0.2) is 26.6 Å². The predicted molar refractivity (Wildman–Crippen MR) is 90.9 cm³/mol. The van der Waals surface area contributed by atoms with Gasteiger partial charge < -0.3 is 10.6 Å². The number of carbonyl (C=O) groups is 2. The van der Waals surface area contributed by atoms with Crippen LogP contribution in [0, 0.1) is 6.92 Å². The van der Waals surface area contributed by atoms with Crippen molar-refractivity contribution < 1.29 is 9.59 Å². The number of anilines is 1. The third-order valence-electron chi connectivity index (χ3n) is 3.20. The lowest BCUT2D eigenvalue weighted by molar-refractivity contribution is -0.136. The van der Waals surface area contributed by atoms with Crippen molar-refractivity contribution in [2.45, 2.75) is 13.5 Å². The molecule has 2 aromatic heterocycles. The number of thiazole rings is 1. The minimum Gasteiger partial charge on any atom is -0.343 e. The van der Waals surface area contributed by atoms with Gasteiger partial charge in [-0.1, -0.05) is 12.1 Å². The summed E-state index contributed by atoms with van der Waals surface area (Å²) in [5.41, 5.74) is 1.19. The van der Waals surface area contributed by atoms with Crippen LogP contribution in [-0.2, 0) is 16.1 Å². The summed E-state index contributed by atoms with van der Waals surface area (Å²) in [5.74, 6) is -1.42. The van der Waals surface area contributed by atoms with Crippen molar-refractivity contribution in [3.05, 3.63) is 58.8 Å². The van der Waals surface area contributed by atoms with Crippen molar-refractivity contribution in [2.75, 3.05) is 5.32 Å². The highest BCUT2D eigenvalue weighted by Gasteiger charge is 2.16. The molecular formula is C16H15N5O2S. The quantitative estimate of drug-likeness (QED) is 0.709. The molecule has 0 fully saturated rings. The van der Waals surface area contributed by atoms with E-state index in [0.29, 0.717) is 11.4 Å². The second-order valence-electron chi connectivity index (χ2n) is 4.95. The van der Waals surface area contributed by atoms with Crippen LogP contribution in [0.3, 0.4) is 0 Å². The van der Waals surface area contributed by atoms with Gasteiger partial charge in [-0.3, -0.25) is 9.59 Å². The topological polar surface area (TPSA) is 88.9 Å². The van der Waals surface area contributed by atoms with Crippen LogP contribution in [0.4, 0.5) is 5.69 Å². The number of para-hydroxylation sites is 2. The first-order chi connectivity index (χ1) is 11.6. The van der Waals surface area contributed by atoms with E-state index >= 15 is 0 Å². The fourth-order valence-corrected chi connectivity index (χ4v) is 2.84. The van der Waals surface area contributed by atoms with Crippen molar-refractivity contribution in [3.63, 3.8) is 0 Å². The van der Waals surface area contributed by atoms with Gasteiger partial charge in [-0.25, -0.2) is 9.67 Å². The third kappa shape index (κ3) is 3.66. The zero-order valence-corrected chi connectivity index (χ0v) is 13.7. The van der Waals surface area contributed by atoms with E-state index < -0.39 is 11.8 Å². The first kappa shape index (κ1) is 15.9. The van der Waals surface area contributed by atoms with Crippen LogP contribution in [0.5, 0.6) is 0 Å². The molecule has 2 N–H and O–H groups in total. The average molecular weight is 341 g/mol. The van der Waals surface area contributed by atoms with Crippen LogP contribution in [0.2, 0.25) is 0 Å². The normalized spacial score (nSPS) is 10.4. The number of nitrogens with one attached hydrogen (secondary N) is 2. The van der Waals surface area contributed by atoms with Crippen molar-refractivity contribution >= 4 is 28.8 Å². The number of rotatable bonds is 4. The molecule has 0 unspecified atom stereocenters. The van der Waals surface area contributed by atoms with Crippen molar-refractivity contribution in [3.8, 4) is 5.69 Å². The highest BCUT2D eigenvalue weighted by atomic mass is 32.1. The molecule has 0 radical (unpaired) electrons. The summed E-state index contributed by atoms with van der Waals surface area (Å²) in [5, 5.41) is 10.3. The van der Waals surface area contributed by atoms with Gasteiger partial charge in [0.2, 0.25) is 0 Å². The molecule has 7 nitrogen and oxygen atoms in total. The molecule has 3 aromatic rings. The van der Waals surface area contributed by atoms with Gasteiger partial charge in [-0.15, -0.1) is 11.3 Å². The van der Waals surface area contributed by atoms with Crippen LogP contribution >= 0.6 is 11.3 Å². The first-order valence-electron chi connectivity index (χ1n) is 7.23. The van der Waals surface area contributed by atoms with Crippen LogP contribution in [0.25, 0.3) is 5.69 Å². The maximum absolute atomic E-state index is 12.1. The molecule has 0 atom stereocenters. The van der Waals surface area contributed by atoms with E-state index in [0.717, 1.165) is 9.88 Å². The number of amides is 2. The monoisotopic (exact) mass is 341 g/mol. The molecule has 2 amide bonds. The Labute approximate surface area is 142 Å². The fraction of sp³-hybridized carbons (Fsp3) is 0.125. The lowest BCUT2D eigenvalue weighted by atomic mass is 10.2. The number of hydrogen-bond acceptors (Lipinski definition) is 5. The summed E-state index contributed by atoms with van der Waals surface area (Å²) < 4.78 is 1.62. The van der Waals surface area contributed by atoms with Crippen LogP contribution in [0.1, 0.15) is 9.88 Å². The van der Waals surface area contributed by atoms with E-state index in [1.807, 2.05) is 13.0 Å². The molecule has 0 saturated heterocycles. The second kappa shape index (κ2) is 7.05. The molecule has 0 aliphatic rings. The zero-order valence-electron chi connectivity index (χ0n) is 12.9. The maximum Gasteiger partial charge on any atom is 0.313 e. The van der Waals surface area contributed by atoms with Gasteiger partial charge in [0.05, 0.1) is 22.9 Å². The van der Waals surface area contributed by atoms with E-state index in [1.54, 1.807) is 47.5 Å². The number of benzene rings is 1. The Hall–Kier alpha value is -3.00. The minimum atomic E-state index is -0.726. The van der Waals surface area contributed by atoms with E-state index in [9.17, 15) is 9.59 Å². The Morgan fingerprint density at radius 1 is 1.21 bits per heavy atom. The van der Waals surface area contributed by atoms with Crippen molar-refractivity contribution in [1.82, 2.24) is 20.1 Å². The molecule has 3 rings (SSSR count). The molecule has 0 aliphatic heterocycles. The number of aromatic nitrogens is 3. The molecule has 8 heteroatoms. The number of nitrogens with zero attached hydrogens (tertiary/aromatic N) is 3. The molecule has 2 heterocycles. The summed E-state index contributed by atoms with van der Waals surface area (Å²) in [7, 11) is 0. The summed E-state index contributed by atoms with van der Waals surface area (Å²) in [4.78, 5) is 29.1. The van der Waals surface area contributed by atoms with Crippen molar-refractivity contribution in [1.29, 1.82) is 0 Å². The second-order valence-corrected chi connectivity index (χ2v) is 6.27. The highest BCUT2D eigenvalue weighted by Crippen LogP contribution is 2.18. The van der Waals surface area contributed by atoms with Crippen molar-refractivity contribution in [2.24, 2.45) is 0 Å². The van der Waals surface area contributed by atoms with E-state index in [1.165, 1.54) is 11.3 Å². The van der Waals surface area contributed by atoms with Crippen LogP contribution < -0.4 is 10.6 Å². The molecule has 0 bridgehead atoms. The predicted octanol–water partition coefficient (Wildman–Crippen LogP) is 1.89. The summed E-state index contributed by atoms with van der Waals surface area (Å²) in [6, 6.07) is 8.91. The number of aryl methyl sites for hydroxylation is 1. The van der Waals surface area contributed by atoms with E-state index in [2.05, 4.69) is 20.7 Å². The van der Waals surface area contributed by atoms with E-state index in [4.69, 9.17) is 0 Å². The molecular weight excluding hydrogens is 326 g/mol. The molecule has 122 valence electrons. The summed E-state index contributed by atoms with van der Waals surface area (Å²) >= 11 is 1.48. The smallest absolute Gasteiger partial charge is 0.313 e. The molecule has 0 saturated carbocycles. The molecule has 24 heavy (non-hydrogen) atoms. The van der Waals surface area contributed by atoms with Gasteiger partial charge in [0.15, 0.2) is 0 Å². The third-order valence-corrected chi connectivity index (χ3v) is 4.11. The lowest BCUT2D eigenvalue weighted by Crippen LogP contribution is -2.35. The Morgan fingerprint density at radius 3 is 2.75 bits per heavy atom. The highest BCUT2D eigenvalue weighted by molar-refractivity contribution is 7.11. The van der Waals surface area contributed by atoms with Gasteiger partial charge in [0.1, 0.15) is 0 Å². The first-order valence-corrected chi connectivity index (χ1v) is 8.04. The largest absolute Gasteiger partial charge is 0.343 e. The average Bonchev–Trinajstić information content (AvgIpc) is 3.24. The lowest BCUT2D eigenvalue weighted by Gasteiger charge is -2.10. The van der Waals surface area contributed by atoms with Gasteiger partial charge in [-0.2, -0.15) is 5.10 Å². The summed E-state index contributed by atoms with van der Waals surface area (Å²) in [6.07, 6.45) is 5.09. The summed E-state index contributed by atoms with van der Waals surface area (Å²) in [6.45, 7) is 2.16. The number of hydrogen-bond donors (Lipinski definition) is 2. The molecule has 0 aliphatic carbocycles. The maximum atomic E-state index is 12.1. The fourth-order valence-electron chi connectivity index (χ4n) is 2.10. The van der Waals surface area contributed by atoms with Gasteiger partial charge in [0.25, 0.3) is 0 Å². The molecule has 0 spiro atoms. The Bertz CT molecular complexity index is 857. The minimum absolute atomic E-state index is 0.276.